The standard InChI is InChI=1S/C18H21Cl2N/c1-3-8-21-18(12-14-6-4-5-7-17(14)20)15-9-13(2)10-16(19)11-15/h4-7,9-11,18,21H,3,8,12H2,1-2H3. The molecule has 0 fully saturated rings. The summed E-state index contributed by atoms with van der Waals surface area (Å²) in [5, 5.41) is 5.20. The summed E-state index contributed by atoms with van der Waals surface area (Å²) in [5.74, 6) is 0. The summed E-state index contributed by atoms with van der Waals surface area (Å²) >= 11 is 12.5. The van der Waals surface area contributed by atoms with Crippen LogP contribution in [0.2, 0.25) is 10.0 Å². The Morgan fingerprint density at radius 2 is 1.86 bits per heavy atom. The third-order valence-electron chi connectivity index (χ3n) is 3.49. The molecule has 1 unspecified atom stereocenters. The lowest BCUT2D eigenvalue weighted by atomic mass is 9.97. The van der Waals surface area contributed by atoms with Gasteiger partial charge < -0.3 is 5.32 Å². The van der Waals surface area contributed by atoms with Gasteiger partial charge in [-0.2, -0.15) is 0 Å². The molecule has 0 saturated carbocycles. The predicted octanol–water partition coefficient (Wildman–Crippen LogP) is 5.59. The molecular weight excluding hydrogens is 301 g/mol. The van der Waals surface area contributed by atoms with Crippen molar-refractivity contribution in [3.8, 4) is 0 Å². The summed E-state index contributed by atoms with van der Waals surface area (Å²) < 4.78 is 0. The fraction of sp³-hybridized carbons (Fsp3) is 0.333. The molecule has 0 heterocycles. The highest BCUT2D eigenvalue weighted by molar-refractivity contribution is 6.31. The minimum atomic E-state index is 0.224. The van der Waals surface area contributed by atoms with Gasteiger partial charge in [-0.25, -0.2) is 0 Å². The maximum absolute atomic E-state index is 6.30. The Morgan fingerprint density at radius 1 is 1.10 bits per heavy atom. The van der Waals surface area contributed by atoms with Crippen LogP contribution in [0.15, 0.2) is 42.5 Å². The van der Waals surface area contributed by atoms with Crippen LogP contribution in [0.3, 0.4) is 0 Å². The summed E-state index contributed by atoms with van der Waals surface area (Å²) in [5.41, 5.74) is 3.55. The van der Waals surface area contributed by atoms with Crippen LogP contribution >= 0.6 is 23.2 Å². The highest BCUT2D eigenvalue weighted by atomic mass is 35.5. The second-order valence-electron chi connectivity index (χ2n) is 5.36. The molecule has 21 heavy (non-hydrogen) atoms. The van der Waals surface area contributed by atoms with Crippen LogP contribution in [-0.2, 0) is 6.42 Å². The Bertz CT molecular complexity index is 575. The van der Waals surface area contributed by atoms with Crippen LogP contribution in [0.1, 0.15) is 36.1 Å². The third kappa shape index (κ3) is 4.74. The number of halogens is 2. The molecule has 1 N–H and O–H groups in total. The molecule has 2 aromatic carbocycles. The van der Waals surface area contributed by atoms with Gasteiger partial charge in [-0.15, -0.1) is 0 Å². The molecule has 2 rings (SSSR count). The molecule has 0 amide bonds. The van der Waals surface area contributed by atoms with Crippen LogP contribution < -0.4 is 5.32 Å². The number of hydrogen-bond acceptors (Lipinski definition) is 1. The lowest BCUT2D eigenvalue weighted by molar-refractivity contribution is 0.529. The van der Waals surface area contributed by atoms with Crippen molar-refractivity contribution < 1.29 is 0 Å². The van der Waals surface area contributed by atoms with E-state index in [4.69, 9.17) is 23.2 Å². The van der Waals surface area contributed by atoms with Crippen molar-refractivity contribution in [1.29, 1.82) is 0 Å². The number of nitrogens with one attached hydrogen (secondary N) is 1. The molecule has 2 aromatic rings. The fourth-order valence-corrected chi connectivity index (χ4v) is 2.99. The Morgan fingerprint density at radius 3 is 2.52 bits per heavy atom. The summed E-state index contributed by atoms with van der Waals surface area (Å²) in [6.45, 7) is 5.21. The number of aryl methyl sites for hydroxylation is 1. The smallest absolute Gasteiger partial charge is 0.0438 e. The molecule has 0 spiro atoms. The van der Waals surface area contributed by atoms with Crippen LogP contribution in [0, 0.1) is 6.92 Å². The molecule has 0 aromatic heterocycles. The molecule has 1 atom stereocenters. The predicted molar refractivity (Wildman–Crippen MR) is 92.4 cm³/mol. The van der Waals surface area contributed by atoms with Crippen molar-refractivity contribution in [2.45, 2.75) is 32.7 Å². The van der Waals surface area contributed by atoms with Crippen LogP contribution in [0.5, 0.6) is 0 Å². The molecule has 0 aliphatic rings. The second kappa shape index (κ2) is 7.84. The van der Waals surface area contributed by atoms with Crippen molar-refractivity contribution in [2.24, 2.45) is 0 Å². The Balaban J connectivity index is 2.27. The second-order valence-corrected chi connectivity index (χ2v) is 6.21. The molecule has 1 nitrogen and oxygen atoms in total. The largest absolute Gasteiger partial charge is 0.310 e. The maximum Gasteiger partial charge on any atom is 0.0438 e. The molecule has 0 bridgehead atoms. The summed E-state index contributed by atoms with van der Waals surface area (Å²) in [4.78, 5) is 0. The summed E-state index contributed by atoms with van der Waals surface area (Å²) in [6, 6.07) is 14.5. The average Bonchev–Trinajstić information content (AvgIpc) is 2.44. The van der Waals surface area contributed by atoms with Gasteiger partial charge in [0.2, 0.25) is 0 Å². The highest BCUT2D eigenvalue weighted by Gasteiger charge is 2.14. The zero-order valence-electron chi connectivity index (χ0n) is 12.5. The zero-order chi connectivity index (χ0) is 15.2. The SMILES string of the molecule is CCCNC(Cc1ccccc1Cl)c1cc(C)cc(Cl)c1. The van der Waals surface area contributed by atoms with Crippen LogP contribution in [0.25, 0.3) is 0 Å². The topological polar surface area (TPSA) is 12.0 Å². The van der Waals surface area contributed by atoms with Crippen molar-refractivity contribution in [3.63, 3.8) is 0 Å². The first kappa shape index (κ1) is 16.4. The Kier molecular flexibility index (Phi) is 6.10. The molecule has 0 aliphatic heterocycles. The molecule has 0 radical (unpaired) electrons. The first-order valence-corrected chi connectivity index (χ1v) is 8.09. The van der Waals surface area contributed by atoms with Gasteiger partial charge in [-0.1, -0.05) is 54.4 Å². The molecule has 0 aliphatic carbocycles. The zero-order valence-corrected chi connectivity index (χ0v) is 14.0. The monoisotopic (exact) mass is 321 g/mol. The van der Waals surface area contributed by atoms with E-state index >= 15 is 0 Å². The van der Waals surface area contributed by atoms with Gasteiger partial charge in [-0.3, -0.25) is 0 Å². The molecular formula is C18H21Cl2N. The van der Waals surface area contributed by atoms with Crippen molar-refractivity contribution in [2.75, 3.05) is 6.54 Å². The Hall–Kier alpha value is -1.02. The minimum Gasteiger partial charge on any atom is -0.310 e. The van der Waals surface area contributed by atoms with E-state index < -0.39 is 0 Å². The lowest BCUT2D eigenvalue weighted by Gasteiger charge is -2.20. The van der Waals surface area contributed by atoms with Crippen molar-refractivity contribution >= 4 is 23.2 Å². The van der Waals surface area contributed by atoms with Crippen LogP contribution in [-0.4, -0.2) is 6.54 Å². The fourth-order valence-electron chi connectivity index (χ4n) is 2.48. The van der Waals surface area contributed by atoms with E-state index in [0.29, 0.717) is 0 Å². The first-order chi connectivity index (χ1) is 10.1. The highest BCUT2D eigenvalue weighted by Crippen LogP contribution is 2.26. The maximum atomic E-state index is 6.30. The molecule has 3 heteroatoms. The van der Waals surface area contributed by atoms with E-state index in [9.17, 15) is 0 Å². The van der Waals surface area contributed by atoms with Gasteiger partial charge in [0.05, 0.1) is 0 Å². The van der Waals surface area contributed by atoms with Gasteiger partial charge in [0.25, 0.3) is 0 Å². The minimum absolute atomic E-state index is 0.224. The lowest BCUT2D eigenvalue weighted by Crippen LogP contribution is -2.24. The number of rotatable bonds is 6. The number of benzene rings is 2. The quantitative estimate of drug-likeness (QED) is 0.731. The van der Waals surface area contributed by atoms with Crippen molar-refractivity contribution in [3.05, 3.63) is 69.2 Å². The van der Waals surface area contributed by atoms with E-state index in [2.05, 4.69) is 31.3 Å². The van der Waals surface area contributed by atoms with Gasteiger partial charge in [-0.05, 0) is 61.2 Å². The third-order valence-corrected chi connectivity index (χ3v) is 4.08. The van der Waals surface area contributed by atoms with Gasteiger partial charge in [0.1, 0.15) is 0 Å². The van der Waals surface area contributed by atoms with Gasteiger partial charge >= 0.3 is 0 Å². The summed E-state index contributed by atoms with van der Waals surface area (Å²) in [7, 11) is 0. The van der Waals surface area contributed by atoms with Crippen molar-refractivity contribution in [1.82, 2.24) is 5.32 Å². The summed E-state index contributed by atoms with van der Waals surface area (Å²) in [6.07, 6.45) is 1.96. The van der Waals surface area contributed by atoms with E-state index in [-0.39, 0.29) is 6.04 Å². The van der Waals surface area contributed by atoms with Gasteiger partial charge in [0.15, 0.2) is 0 Å². The van der Waals surface area contributed by atoms with E-state index in [1.54, 1.807) is 0 Å². The van der Waals surface area contributed by atoms with E-state index in [1.165, 1.54) is 11.1 Å². The van der Waals surface area contributed by atoms with E-state index in [0.717, 1.165) is 35.0 Å². The first-order valence-electron chi connectivity index (χ1n) is 7.34. The average molecular weight is 322 g/mol. The normalized spacial score (nSPS) is 12.4. The number of hydrogen-bond donors (Lipinski definition) is 1. The van der Waals surface area contributed by atoms with Crippen LogP contribution in [0.4, 0.5) is 0 Å². The van der Waals surface area contributed by atoms with Gasteiger partial charge in [0, 0.05) is 16.1 Å². The Labute approximate surface area is 137 Å². The molecule has 0 saturated heterocycles. The molecule has 112 valence electrons. The van der Waals surface area contributed by atoms with E-state index in [1.807, 2.05) is 30.3 Å².